The van der Waals surface area contributed by atoms with Gasteiger partial charge in [0.2, 0.25) is 5.88 Å². The van der Waals surface area contributed by atoms with Crippen LogP contribution in [0.4, 0.5) is 5.69 Å². The molecule has 0 aliphatic carbocycles. The first-order valence-corrected chi connectivity index (χ1v) is 11.4. The number of nitro benzene ring substituents is 1. The van der Waals surface area contributed by atoms with E-state index in [4.69, 9.17) is 19.9 Å². The van der Waals surface area contributed by atoms with E-state index < -0.39 is 16.8 Å². The molecule has 0 radical (unpaired) electrons. The molecule has 0 fully saturated rings. The van der Waals surface area contributed by atoms with Crippen molar-refractivity contribution in [3.05, 3.63) is 135 Å². The van der Waals surface area contributed by atoms with E-state index in [0.717, 1.165) is 11.6 Å². The first kappa shape index (κ1) is 24.1. The highest BCUT2D eigenvalue weighted by molar-refractivity contribution is 5.91. The van der Waals surface area contributed by atoms with Crippen LogP contribution >= 0.6 is 0 Å². The summed E-state index contributed by atoms with van der Waals surface area (Å²) >= 11 is 0. The van der Waals surface area contributed by atoms with Gasteiger partial charge in [-0.2, -0.15) is 5.26 Å². The number of non-ortho nitro benzene ring substituents is 1. The molecule has 0 saturated carbocycles. The van der Waals surface area contributed by atoms with Crippen molar-refractivity contribution >= 4 is 11.7 Å². The van der Waals surface area contributed by atoms with E-state index in [1.165, 1.54) is 24.3 Å². The molecule has 186 valence electrons. The second-order valence-corrected chi connectivity index (χ2v) is 8.31. The first-order valence-electron chi connectivity index (χ1n) is 11.4. The van der Waals surface area contributed by atoms with Gasteiger partial charge in [0.15, 0.2) is 0 Å². The third kappa shape index (κ3) is 4.87. The van der Waals surface area contributed by atoms with Crippen molar-refractivity contribution in [2.75, 3.05) is 0 Å². The van der Waals surface area contributed by atoms with E-state index in [1.807, 2.05) is 54.6 Å². The number of rotatable bonds is 6. The van der Waals surface area contributed by atoms with Crippen molar-refractivity contribution in [3.63, 3.8) is 0 Å². The summed E-state index contributed by atoms with van der Waals surface area (Å²) in [5.74, 6) is 0.320. The summed E-state index contributed by atoms with van der Waals surface area (Å²) in [5.41, 5.74) is 7.54. The fraction of sp³-hybridized carbons (Fsp3) is 0.0345. The van der Waals surface area contributed by atoms with Gasteiger partial charge in [-0.3, -0.25) is 10.1 Å². The zero-order chi connectivity index (χ0) is 26.6. The quantitative estimate of drug-likeness (QED) is 0.150. The van der Waals surface area contributed by atoms with E-state index in [1.54, 1.807) is 12.1 Å². The Bertz CT molecular complexity index is 1630. The van der Waals surface area contributed by atoms with Crippen LogP contribution in [0.25, 0.3) is 0 Å². The molecule has 1 atom stereocenters. The van der Waals surface area contributed by atoms with Crippen LogP contribution in [-0.4, -0.2) is 10.9 Å². The number of nitriles is 1. The summed E-state index contributed by atoms with van der Waals surface area (Å²) in [6.45, 7) is 0. The molecule has 9 nitrogen and oxygen atoms in total. The highest BCUT2D eigenvalue weighted by Crippen LogP contribution is 2.44. The maximum absolute atomic E-state index is 12.6. The summed E-state index contributed by atoms with van der Waals surface area (Å²) in [7, 11) is 0. The predicted octanol–water partition coefficient (Wildman–Crippen LogP) is 5.82. The maximum Gasteiger partial charge on any atom is 0.343 e. The first-order chi connectivity index (χ1) is 18.4. The predicted molar refractivity (Wildman–Crippen MR) is 137 cm³/mol. The highest BCUT2D eigenvalue weighted by atomic mass is 16.6. The number of fused-ring (bicyclic) bond motifs is 1. The molecule has 1 aliphatic heterocycles. The van der Waals surface area contributed by atoms with Crippen molar-refractivity contribution in [1.82, 2.24) is 0 Å². The number of para-hydroxylation sites is 1. The average molecular weight is 505 g/mol. The fourth-order valence-corrected chi connectivity index (χ4v) is 4.14. The smallest absolute Gasteiger partial charge is 0.343 e. The molecule has 0 spiro atoms. The molecule has 0 bridgehead atoms. The Balaban J connectivity index is 1.45. The lowest BCUT2D eigenvalue weighted by atomic mass is 9.83. The molecule has 2 N–H and O–H groups in total. The lowest BCUT2D eigenvalue weighted by Crippen LogP contribution is -2.21. The van der Waals surface area contributed by atoms with Crippen molar-refractivity contribution in [1.29, 1.82) is 5.26 Å². The SMILES string of the molecule is N#CC1=C(N)Oc2cc(OC(=O)c3cccc([N+](=O)[O-])c3)ccc2C1c1cccc(Oc2ccccc2)c1. The van der Waals surface area contributed by atoms with Crippen molar-refractivity contribution in [2.24, 2.45) is 5.73 Å². The lowest BCUT2D eigenvalue weighted by molar-refractivity contribution is -0.384. The highest BCUT2D eigenvalue weighted by Gasteiger charge is 2.31. The van der Waals surface area contributed by atoms with Gasteiger partial charge in [0.1, 0.15) is 34.6 Å². The molecule has 4 aromatic carbocycles. The number of hydrogen-bond acceptors (Lipinski definition) is 8. The van der Waals surface area contributed by atoms with Crippen LogP contribution in [-0.2, 0) is 0 Å². The molecule has 1 heterocycles. The Hall–Kier alpha value is -5.62. The molecule has 38 heavy (non-hydrogen) atoms. The molecule has 5 rings (SSSR count). The van der Waals surface area contributed by atoms with Crippen LogP contribution in [0, 0.1) is 21.4 Å². The zero-order valence-electron chi connectivity index (χ0n) is 19.7. The van der Waals surface area contributed by atoms with Gasteiger partial charge in [-0.15, -0.1) is 0 Å². The number of esters is 1. The monoisotopic (exact) mass is 505 g/mol. The van der Waals surface area contributed by atoms with Gasteiger partial charge >= 0.3 is 5.97 Å². The van der Waals surface area contributed by atoms with Gasteiger partial charge in [-0.25, -0.2) is 4.79 Å². The van der Waals surface area contributed by atoms with E-state index in [-0.39, 0.29) is 28.5 Å². The number of allylic oxidation sites excluding steroid dienone is 1. The van der Waals surface area contributed by atoms with Crippen LogP contribution in [0.2, 0.25) is 0 Å². The Morgan fingerprint density at radius 3 is 2.45 bits per heavy atom. The number of hydrogen-bond donors (Lipinski definition) is 1. The standard InChI is InChI=1S/C29H19N3O6/c30-17-25-27(18-6-5-11-22(15-18)36-21-9-2-1-3-10-21)24-13-12-23(16-26(24)38-28(25)31)37-29(33)19-7-4-8-20(14-19)32(34)35/h1-16,27H,31H2. The molecule has 0 aromatic heterocycles. The Labute approximate surface area is 217 Å². The topological polar surface area (TPSA) is 138 Å². The van der Waals surface area contributed by atoms with E-state index in [0.29, 0.717) is 22.8 Å². The van der Waals surface area contributed by atoms with E-state index in [2.05, 4.69) is 6.07 Å². The van der Waals surface area contributed by atoms with Crippen LogP contribution in [0.15, 0.2) is 109 Å². The number of carbonyl (C=O) groups is 1. The lowest BCUT2D eigenvalue weighted by Gasteiger charge is -2.27. The number of benzene rings is 4. The van der Waals surface area contributed by atoms with Crippen molar-refractivity contribution < 1.29 is 23.9 Å². The minimum atomic E-state index is -0.770. The third-order valence-corrected chi connectivity index (χ3v) is 5.86. The van der Waals surface area contributed by atoms with Crippen molar-refractivity contribution in [3.8, 4) is 29.1 Å². The minimum Gasteiger partial charge on any atom is -0.457 e. The summed E-state index contributed by atoms with van der Waals surface area (Å²) in [6.07, 6.45) is 0. The molecular weight excluding hydrogens is 486 g/mol. The molecule has 0 amide bonds. The largest absolute Gasteiger partial charge is 0.457 e. The molecule has 1 aliphatic rings. The van der Waals surface area contributed by atoms with Crippen LogP contribution in [0.3, 0.4) is 0 Å². The molecule has 9 heteroatoms. The summed E-state index contributed by atoms with van der Waals surface area (Å²) in [5, 5.41) is 20.9. The molecular formula is C29H19N3O6. The van der Waals surface area contributed by atoms with Gasteiger partial charge in [0.05, 0.1) is 16.4 Å². The molecule has 0 saturated heterocycles. The maximum atomic E-state index is 12.6. The van der Waals surface area contributed by atoms with Gasteiger partial charge in [-0.05, 0) is 42.0 Å². The number of nitro groups is 1. The second-order valence-electron chi connectivity index (χ2n) is 8.31. The Kier molecular flexibility index (Phi) is 6.44. The van der Waals surface area contributed by atoms with Gasteiger partial charge in [0.25, 0.3) is 5.69 Å². The van der Waals surface area contributed by atoms with Crippen molar-refractivity contribution in [2.45, 2.75) is 5.92 Å². The molecule has 1 unspecified atom stereocenters. The third-order valence-electron chi connectivity index (χ3n) is 5.86. The van der Waals surface area contributed by atoms with Gasteiger partial charge in [-0.1, -0.05) is 42.5 Å². The normalized spacial score (nSPS) is 14.0. The number of carbonyl (C=O) groups excluding carboxylic acids is 1. The van der Waals surface area contributed by atoms with Gasteiger partial charge < -0.3 is 19.9 Å². The second kappa shape index (κ2) is 10.2. The number of ether oxygens (including phenoxy) is 3. The van der Waals surface area contributed by atoms with Gasteiger partial charge in [0, 0.05) is 23.8 Å². The Morgan fingerprint density at radius 2 is 1.68 bits per heavy atom. The number of nitrogens with two attached hydrogens (primary N) is 1. The minimum absolute atomic E-state index is 0.0251. The average Bonchev–Trinajstić information content (AvgIpc) is 2.93. The molecule has 4 aromatic rings. The summed E-state index contributed by atoms with van der Waals surface area (Å²) in [4.78, 5) is 23.1. The van der Waals surface area contributed by atoms with Crippen LogP contribution in [0.5, 0.6) is 23.0 Å². The number of nitrogens with zero attached hydrogens (tertiary/aromatic N) is 2. The zero-order valence-corrected chi connectivity index (χ0v) is 19.7. The van der Waals surface area contributed by atoms with Crippen LogP contribution < -0.4 is 19.9 Å². The summed E-state index contributed by atoms with van der Waals surface area (Å²) < 4.78 is 17.1. The fourth-order valence-electron chi connectivity index (χ4n) is 4.14. The Morgan fingerprint density at radius 1 is 0.921 bits per heavy atom. The van der Waals surface area contributed by atoms with Crippen LogP contribution in [0.1, 0.15) is 27.4 Å². The van der Waals surface area contributed by atoms with E-state index >= 15 is 0 Å². The summed E-state index contributed by atoms with van der Waals surface area (Å²) in [6, 6.07) is 28.8. The van der Waals surface area contributed by atoms with E-state index in [9.17, 15) is 20.2 Å².